The van der Waals surface area contributed by atoms with E-state index in [1.165, 1.54) is 7.11 Å². The molecule has 102 valence electrons. The SMILES string of the molecule is CCCC(=O)C(N=Nc1cccc(OC)c1)C(=O)O. The van der Waals surface area contributed by atoms with Crippen molar-refractivity contribution in [1.29, 1.82) is 0 Å². The highest BCUT2D eigenvalue weighted by molar-refractivity contribution is 6.02. The molecule has 1 rings (SSSR count). The molecule has 0 radical (unpaired) electrons. The first-order chi connectivity index (χ1) is 9.08. The van der Waals surface area contributed by atoms with Gasteiger partial charge in [-0.25, -0.2) is 4.79 Å². The van der Waals surface area contributed by atoms with Crippen LogP contribution in [0.15, 0.2) is 34.5 Å². The summed E-state index contributed by atoms with van der Waals surface area (Å²) in [5, 5.41) is 16.3. The Balaban J connectivity index is 2.86. The predicted molar refractivity (Wildman–Crippen MR) is 68.8 cm³/mol. The van der Waals surface area contributed by atoms with Crippen molar-refractivity contribution in [1.82, 2.24) is 0 Å². The Bertz CT molecular complexity index is 485. The lowest BCUT2D eigenvalue weighted by molar-refractivity contribution is -0.142. The van der Waals surface area contributed by atoms with Crippen LogP contribution in [0.1, 0.15) is 19.8 Å². The van der Waals surface area contributed by atoms with Gasteiger partial charge < -0.3 is 9.84 Å². The van der Waals surface area contributed by atoms with E-state index in [-0.39, 0.29) is 6.42 Å². The molecule has 0 bridgehead atoms. The van der Waals surface area contributed by atoms with E-state index in [2.05, 4.69) is 10.2 Å². The first kappa shape index (κ1) is 14.8. The Morgan fingerprint density at radius 2 is 2.16 bits per heavy atom. The Morgan fingerprint density at radius 3 is 2.74 bits per heavy atom. The number of ether oxygens (including phenoxy) is 1. The second-order valence-corrected chi connectivity index (χ2v) is 3.87. The number of rotatable bonds is 7. The van der Waals surface area contributed by atoms with Crippen molar-refractivity contribution >= 4 is 17.4 Å². The molecule has 19 heavy (non-hydrogen) atoms. The summed E-state index contributed by atoms with van der Waals surface area (Å²) in [6.45, 7) is 1.80. The smallest absolute Gasteiger partial charge is 0.338 e. The highest BCUT2D eigenvalue weighted by Crippen LogP contribution is 2.20. The number of carbonyl (C=O) groups is 2. The molecule has 0 aliphatic rings. The number of benzene rings is 1. The van der Waals surface area contributed by atoms with Crippen molar-refractivity contribution in [2.24, 2.45) is 10.2 Å². The van der Waals surface area contributed by atoms with Gasteiger partial charge in [-0.2, -0.15) is 10.2 Å². The number of Topliss-reactive ketones (excluding diaryl/α,β-unsaturated/α-hetero) is 1. The van der Waals surface area contributed by atoms with Crippen LogP contribution in [0.5, 0.6) is 5.75 Å². The van der Waals surface area contributed by atoms with Crippen LogP contribution in [-0.2, 0) is 9.59 Å². The van der Waals surface area contributed by atoms with Gasteiger partial charge in [0.1, 0.15) is 5.75 Å². The quantitative estimate of drug-likeness (QED) is 0.605. The Labute approximate surface area is 111 Å². The van der Waals surface area contributed by atoms with Crippen LogP contribution in [0.4, 0.5) is 5.69 Å². The number of hydrogen-bond acceptors (Lipinski definition) is 5. The molecule has 1 atom stereocenters. The van der Waals surface area contributed by atoms with E-state index in [0.717, 1.165) is 0 Å². The van der Waals surface area contributed by atoms with Gasteiger partial charge in [0.15, 0.2) is 5.78 Å². The molecule has 6 heteroatoms. The lowest BCUT2D eigenvalue weighted by atomic mass is 10.1. The molecular weight excluding hydrogens is 248 g/mol. The monoisotopic (exact) mass is 264 g/mol. The lowest BCUT2D eigenvalue weighted by Crippen LogP contribution is -2.27. The number of azo groups is 1. The second-order valence-electron chi connectivity index (χ2n) is 3.87. The summed E-state index contributed by atoms with van der Waals surface area (Å²) in [5.74, 6) is -1.14. The summed E-state index contributed by atoms with van der Waals surface area (Å²) in [5.41, 5.74) is 0.440. The van der Waals surface area contributed by atoms with Crippen molar-refractivity contribution in [2.45, 2.75) is 25.8 Å². The molecule has 0 spiro atoms. The van der Waals surface area contributed by atoms with E-state index < -0.39 is 17.8 Å². The van der Waals surface area contributed by atoms with E-state index >= 15 is 0 Å². The van der Waals surface area contributed by atoms with Gasteiger partial charge in [-0.15, -0.1) is 0 Å². The van der Waals surface area contributed by atoms with Gasteiger partial charge in [-0.3, -0.25) is 4.79 Å². The zero-order chi connectivity index (χ0) is 14.3. The first-order valence-electron chi connectivity index (χ1n) is 5.89. The molecule has 0 saturated carbocycles. The van der Waals surface area contributed by atoms with Gasteiger partial charge in [0, 0.05) is 12.5 Å². The molecule has 0 heterocycles. The van der Waals surface area contributed by atoms with Gasteiger partial charge in [0.05, 0.1) is 12.8 Å². The third kappa shape index (κ3) is 4.50. The third-order valence-electron chi connectivity index (χ3n) is 2.38. The first-order valence-corrected chi connectivity index (χ1v) is 5.89. The number of carboxylic acids is 1. The topological polar surface area (TPSA) is 88.3 Å². The van der Waals surface area contributed by atoms with Crippen LogP contribution in [0.2, 0.25) is 0 Å². The van der Waals surface area contributed by atoms with Crippen molar-refractivity contribution in [3.63, 3.8) is 0 Å². The molecular formula is C13H16N2O4. The number of hydrogen-bond donors (Lipinski definition) is 1. The number of ketones is 1. The van der Waals surface area contributed by atoms with Gasteiger partial charge >= 0.3 is 5.97 Å². The average molecular weight is 264 g/mol. The largest absolute Gasteiger partial charge is 0.497 e. The zero-order valence-corrected chi connectivity index (χ0v) is 10.9. The number of carboxylic acid groups (broad SMARTS) is 1. The minimum Gasteiger partial charge on any atom is -0.497 e. The van der Waals surface area contributed by atoms with Crippen molar-refractivity contribution < 1.29 is 19.4 Å². The Hall–Kier alpha value is -2.24. The van der Waals surface area contributed by atoms with Crippen molar-refractivity contribution in [3.05, 3.63) is 24.3 Å². The van der Waals surface area contributed by atoms with E-state index in [1.807, 2.05) is 0 Å². The molecule has 1 aromatic rings. The van der Waals surface area contributed by atoms with Crippen molar-refractivity contribution in [2.75, 3.05) is 7.11 Å². The molecule has 0 amide bonds. The fourth-order valence-corrected chi connectivity index (χ4v) is 1.43. The maximum absolute atomic E-state index is 11.6. The number of methoxy groups -OCH3 is 1. The molecule has 6 nitrogen and oxygen atoms in total. The maximum atomic E-state index is 11.6. The highest BCUT2D eigenvalue weighted by atomic mass is 16.5. The number of carbonyl (C=O) groups excluding carboxylic acids is 1. The molecule has 1 aromatic carbocycles. The normalized spacial score (nSPS) is 12.3. The molecule has 0 fully saturated rings. The van der Waals surface area contributed by atoms with Gasteiger partial charge in [-0.1, -0.05) is 13.0 Å². The fraction of sp³-hybridized carbons (Fsp3) is 0.385. The third-order valence-corrected chi connectivity index (χ3v) is 2.38. The van der Waals surface area contributed by atoms with Gasteiger partial charge in [0.2, 0.25) is 6.04 Å². The molecule has 0 aromatic heterocycles. The molecule has 1 N–H and O–H groups in total. The minimum atomic E-state index is -1.44. The van der Waals surface area contributed by atoms with Crippen molar-refractivity contribution in [3.8, 4) is 5.75 Å². The molecule has 1 unspecified atom stereocenters. The summed E-state index contributed by atoms with van der Waals surface area (Å²) in [4.78, 5) is 22.5. The lowest BCUT2D eigenvalue weighted by Gasteiger charge is -2.04. The van der Waals surface area contributed by atoms with Crippen LogP contribution in [0.3, 0.4) is 0 Å². The predicted octanol–water partition coefficient (Wildman–Crippen LogP) is 2.60. The van der Waals surface area contributed by atoms with E-state index in [9.17, 15) is 9.59 Å². The highest BCUT2D eigenvalue weighted by Gasteiger charge is 2.24. The maximum Gasteiger partial charge on any atom is 0.338 e. The Morgan fingerprint density at radius 1 is 1.42 bits per heavy atom. The van der Waals surface area contributed by atoms with Crippen LogP contribution in [0, 0.1) is 0 Å². The molecule has 0 aliphatic carbocycles. The second kappa shape index (κ2) is 7.25. The number of nitrogens with zero attached hydrogens (tertiary/aromatic N) is 2. The standard InChI is InChI=1S/C13H16N2O4/c1-3-5-11(16)12(13(17)18)15-14-9-6-4-7-10(8-9)19-2/h4,6-8,12H,3,5H2,1-2H3,(H,17,18). The summed E-state index contributed by atoms with van der Waals surface area (Å²) in [6, 6.07) is 5.25. The summed E-state index contributed by atoms with van der Waals surface area (Å²) >= 11 is 0. The van der Waals surface area contributed by atoms with E-state index in [0.29, 0.717) is 17.9 Å². The summed E-state index contributed by atoms with van der Waals surface area (Å²) < 4.78 is 5.01. The van der Waals surface area contributed by atoms with E-state index in [1.54, 1.807) is 31.2 Å². The average Bonchev–Trinajstić information content (AvgIpc) is 2.39. The van der Waals surface area contributed by atoms with Gasteiger partial charge in [-0.05, 0) is 18.6 Å². The number of aliphatic carboxylic acids is 1. The van der Waals surface area contributed by atoms with Crippen LogP contribution in [0.25, 0.3) is 0 Å². The van der Waals surface area contributed by atoms with Crippen LogP contribution < -0.4 is 4.74 Å². The Kier molecular flexibility index (Phi) is 5.66. The summed E-state index contributed by atoms with van der Waals surface area (Å²) in [7, 11) is 1.51. The summed E-state index contributed by atoms with van der Waals surface area (Å²) in [6.07, 6.45) is 0.755. The van der Waals surface area contributed by atoms with Crippen LogP contribution >= 0.6 is 0 Å². The zero-order valence-electron chi connectivity index (χ0n) is 10.9. The van der Waals surface area contributed by atoms with Gasteiger partial charge in [0.25, 0.3) is 0 Å². The van der Waals surface area contributed by atoms with E-state index in [4.69, 9.17) is 9.84 Å². The molecule has 0 saturated heterocycles. The fourth-order valence-electron chi connectivity index (χ4n) is 1.43. The minimum absolute atomic E-state index is 0.175. The molecule has 0 aliphatic heterocycles. The van der Waals surface area contributed by atoms with Crippen LogP contribution in [-0.4, -0.2) is 30.0 Å².